The fraction of sp³-hybridized carbons (Fsp3) is 0.409. The van der Waals surface area contributed by atoms with Crippen LogP contribution in [0, 0.1) is 0 Å². The van der Waals surface area contributed by atoms with E-state index >= 15 is 0 Å². The normalized spacial score (nSPS) is 16.9. The predicted octanol–water partition coefficient (Wildman–Crippen LogP) is 1.53. The maximum Gasteiger partial charge on any atom is 0.262 e. The van der Waals surface area contributed by atoms with Crippen molar-refractivity contribution >= 4 is 17.3 Å². The first-order valence-corrected chi connectivity index (χ1v) is 9.89. The maximum absolute atomic E-state index is 12.4. The van der Waals surface area contributed by atoms with Crippen LogP contribution in [0.3, 0.4) is 0 Å². The number of carbonyl (C=O) groups excluding carboxylic acids is 1. The third-order valence-electron chi connectivity index (χ3n) is 5.58. The molecule has 1 aliphatic heterocycles. The number of hydrogen-bond donors (Lipinski definition) is 2. The maximum atomic E-state index is 12.4. The number of ether oxygens (including phenoxy) is 1. The molecule has 1 fully saturated rings. The first-order valence-electron chi connectivity index (χ1n) is 9.89. The van der Waals surface area contributed by atoms with Gasteiger partial charge in [0.1, 0.15) is 5.75 Å². The fourth-order valence-corrected chi connectivity index (χ4v) is 3.96. The molecule has 2 aromatic carbocycles. The molecule has 0 unspecified atom stereocenters. The Labute approximate surface area is 160 Å². The lowest BCUT2D eigenvalue weighted by Crippen LogP contribution is -3.12. The van der Waals surface area contributed by atoms with E-state index in [0.29, 0.717) is 0 Å². The molecule has 0 aromatic heterocycles. The lowest BCUT2D eigenvalue weighted by molar-refractivity contribution is -0.880. The Hall–Kier alpha value is -2.53. The molecule has 0 spiro atoms. The summed E-state index contributed by atoms with van der Waals surface area (Å²) >= 11 is 0. The van der Waals surface area contributed by atoms with E-state index in [-0.39, 0.29) is 12.5 Å². The molecule has 0 bridgehead atoms. The largest absolute Gasteiger partial charge is 0.484 e. The molecule has 2 aromatic rings. The van der Waals surface area contributed by atoms with Crippen LogP contribution < -0.4 is 19.9 Å². The van der Waals surface area contributed by atoms with Crippen molar-refractivity contribution in [3.8, 4) is 5.75 Å². The molecule has 1 saturated heterocycles. The number of para-hydroxylation sites is 2. The minimum atomic E-state index is -0.122. The number of piperazine rings is 1. The number of anilines is 2. The second kappa shape index (κ2) is 8.01. The van der Waals surface area contributed by atoms with Gasteiger partial charge >= 0.3 is 0 Å². The quantitative estimate of drug-likeness (QED) is 0.844. The van der Waals surface area contributed by atoms with Crippen LogP contribution in [0.5, 0.6) is 5.75 Å². The smallest absolute Gasteiger partial charge is 0.262 e. The number of amides is 1. The molecule has 27 heavy (non-hydrogen) atoms. The molecule has 142 valence electrons. The number of quaternary nitrogens is 1. The summed E-state index contributed by atoms with van der Waals surface area (Å²) < 4.78 is 5.74. The third-order valence-corrected chi connectivity index (χ3v) is 5.58. The number of nitrogens with one attached hydrogen (secondary N) is 2. The van der Waals surface area contributed by atoms with E-state index in [9.17, 15) is 4.79 Å². The topological polar surface area (TPSA) is 46.0 Å². The first kappa shape index (κ1) is 17.9. The van der Waals surface area contributed by atoms with Crippen molar-refractivity contribution < 1.29 is 14.4 Å². The SMILES string of the molecule is C[NH+]1CCN(c2ccccc2NC(=O)COc2ccc3c(c2)CCC3)CC1. The van der Waals surface area contributed by atoms with E-state index in [0.717, 1.165) is 56.1 Å². The minimum Gasteiger partial charge on any atom is -0.484 e. The minimum absolute atomic E-state index is 0.0278. The van der Waals surface area contributed by atoms with Crippen LogP contribution in [-0.4, -0.2) is 45.7 Å². The molecule has 2 aliphatic rings. The molecule has 0 atom stereocenters. The summed E-state index contributed by atoms with van der Waals surface area (Å²) in [6, 6.07) is 14.2. The fourth-order valence-electron chi connectivity index (χ4n) is 3.96. The van der Waals surface area contributed by atoms with Crippen molar-refractivity contribution in [1.29, 1.82) is 0 Å². The van der Waals surface area contributed by atoms with E-state index in [1.54, 1.807) is 4.90 Å². The Bertz CT molecular complexity index is 813. The van der Waals surface area contributed by atoms with E-state index < -0.39 is 0 Å². The summed E-state index contributed by atoms with van der Waals surface area (Å²) in [5.74, 6) is 0.656. The highest BCUT2D eigenvalue weighted by molar-refractivity contribution is 5.95. The summed E-state index contributed by atoms with van der Waals surface area (Å²) in [6.45, 7) is 4.27. The molecule has 5 nitrogen and oxygen atoms in total. The summed E-state index contributed by atoms with van der Waals surface area (Å²) in [5.41, 5.74) is 4.72. The van der Waals surface area contributed by atoms with Gasteiger partial charge in [0, 0.05) is 0 Å². The summed E-state index contributed by atoms with van der Waals surface area (Å²) in [6.07, 6.45) is 3.48. The van der Waals surface area contributed by atoms with Gasteiger partial charge in [-0.2, -0.15) is 0 Å². The first-order chi connectivity index (χ1) is 13.2. The molecule has 1 amide bonds. The van der Waals surface area contributed by atoms with Crippen LogP contribution in [0.4, 0.5) is 11.4 Å². The van der Waals surface area contributed by atoms with Crippen LogP contribution in [0.2, 0.25) is 0 Å². The Balaban J connectivity index is 1.37. The molecule has 0 radical (unpaired) electrons. The van der Waals surface area contributed by atoms with Gasteiger partial charge in [-0.15, -0.1) is 0 Å². The third kappa shape index (κ3) is 4.25. The highest BCUT2D eigenvalue weighted by Gasteiger charge is 2.20. The Kier molecular flexibility index (Phi) is 5.30. The van der Waals surface area contributed by atoms with Crippen LogP contribution >= 0.6 is 0 Å². The van der Waals surface area contributed by atoms with Gasteiger partial charge in [-0.25, -0.2) is 0 Å². The number of carbonyl (C=O) groups is 1. The highest BCUT2D eigenvalue weighted by atomic mass is 16.5. The van der Waals surface area contributed by atoms with Gasteiger partial charge in [-0.1, -0.05) is 18.2 Å². The zero-order valence-corrected chi connectivity index (χ0v) is 16.0. The van der Waals surface area contributed by atoms with E-state index in [1.807, 2.05) is 24.3 Å². The van der Waals surface area contributed by atoms with Gasteiger partial charge < -0.3 is 19.9 Å². The van der Waals surface area contributed by atoms with Crippen LogP contribution in [-0.2, 0) is 17.6 Å². The van der Waals surface area contributed by atoms with Crippen LogP contribution in [0.1, 0.15) is 17.5 Å². The molecule has 0 saturated carbocycles. The number of hydrogen-bond acceptors (Lipinski definition) is 3. The summed E-state index contributed by atoms with van der Waals surface area (Å²) in [4.78, 5) is 16.4. The molecular formula is C22H28N3O2+. The van der Waals surface area contributed by atoms with E-state index in [2.05, 4.69) is 35.5 Å². The monoisotopic (exact) mass is 366 g/mol. The molecule has 4 rings (SSSR count). The van der Waals surface area contributed by atoms with Gasteiger partial charge in [0.2, 0.25) is 0 Å². The average Bonchev–Trinajstić information content (AvgIpc) is 3.15. The summed E-state index contributed by atoms with van der Waals surface area (Å²) in [7, 11) is 2.22. The molecule has 1 aliphatic carbocycles. The van der Waals surface area contributed by atoms with Gasteiger partial charge in [0.05, 0.1) is 44.6 Å². The Morgan fingerprint density at radius 2 is 1.89 bits per heavy atom. The van der Waals surface area contributed by atoms with Gasteiger partial charge in [0.25, 0.3) is 5.91 Å². The lowest BCUT2D eigenvalue weighted by Gasteiger charge is -2.33. The van der Waals surface area contributed by atoms with Crippen molar-refractivity contribution in [2.24, 2.45) is 0 Å². The van der Waals surface area contributed by atoms with E-state index in [4.69, 9.17) is 4.74 Å². The Morgan fingerprint density at radius 1 is 1.11 bits per heavy atom. The van der Waals surface area contributed by atoms with Crippen LogP contribution in [0.25, 0.3) is 0 Å². The lowest BCUT2D eigenvalue weighted by atomic mass is 10.1. The number of rotatable bonds is 5. The van der Waals surface area contributed by atoms with Crippen molar-refractivity contribution in [2.75, 3.05) is 50.1 Å². The molecule has 2 N–H and O–H groups in total. The number of aryl methyl sites for hydroxylation is 2. The average molecular weight is 366 g/mol. The molecule has 1 heterocycles. The zero-order chi connectivity index (χ0) is 18.6. The zero-order valence-electron chi connectivity index (χ0n) is 16.0. The number of likely N-dealkylation sites (N-methyl/N-ethyl adjacent to an activating group) is 1. The predicted molar refractivity (Wildman–Crippen MR) is 108 cm³/mol. The van der Waals surface area contributed by atoms with Crippen LogP contribution in [0.15, 0.2) is 42.5 Å². The molecule has 5 heteroatoms. The Morgan fingerprint density at radius 3 is 2.74 bits per heavy atom. The number of fused-ring (bicyclic) bond motifs is 1. The molecular weight excluding hydrogens is 338 g/mol. The summed E-state index contributed by atoms with van der Waals surface area (Å²) in [5, 5.41) is 3.03. The van der Waals surface area contributed by atoms with Gasteiger partial charge in [-0.3, -0.25) is 4.79 Å². The van der Waals surface area contributed by atoms with Gasteiger partial charge in [-0.05, 0) is 54.7 Å². The second-order valence-electron chi connectivity index (χ2n) is 7.58. The highest BCUT2D eigenvalue weighted by Crippen LogP contribution is 2.27. The van der Waals surface area contributed by atoms with Gasteiger partial charge in [0.15, 0.2) is 6.61 Å². The van der Waals surface area contributed by atoms with Crippen molar-refractivity contribution in [2.45, 2.75) is 19.3 Å². The standard InChI is InChI=1S/C22H27N3O2/c1-24-11-13-25(14-12-24)21-8-3-2-7-20(21)23-22(26)16-27-19-10-9-17-5-4-6-18(17)15-19/h2-3,7-10,15H,4-6,11-14,16H2,1H3,(H,23,26)/p+1. The van der Waals surface area contributed by atoms with Crippen molar-refractivity contribution in [3.05, 3.63) is 53.6 Å². The number of nitrogens with zero attached hydrogens (tertiary/aromatic N) is 1. The van der Waals surface area contributed by atoms with Crippen molar-refractivity contribution in [3.63, 3.8) is 0 Å². The second-order valence-corrected chi connectivity index (χ2v) is 7.58. The van der Waals surface area contributed by atoms with E-state index in [1.165, 1.54) is 17.5 Å². The van der Waals surface area contributed by atoms with Crippen molar-refractivity contribution in [1.82, 2.24) is 0 Å². The number of benzene rings is 2.